The van der Waals surface area contributed by atoms with Gasteiger partial charge >= 0.3 is 5.97 Å². The Morgan fingerprint density at radius 2 is 2.04 bits per heavy atom. The third-order valence-corrected chi connectivity index (χ3v) is 8.28. The molecule has 4 heteroatoms. The second-order valence-electron chi connectivity index (χ2n) is 9.44. The monoisotopic (exact) mass is 346 g/mol. The van der Waals surface area contributed by atoms with Crippen LogP contribution in [-0.2, 0) is 19.1 Å². The van der Waals surface area contributed by atoms with Gasteiger partial charge in [0.05, 0.1) is 0 Å². The molecule has 25 heavy (non-hydrogen) atoms. The summed E-state index contributed by atoms with van der Waals surface area (Å²) in [6.45, 7) is 3.87. The topological polar surface area (TPSA) is 60.4 Å². The molecule has 0 spiro atoms. The van der Waals surface area contributed by atoms with Crippen molar-refractivity contribution in [1.82, 2.24) is 0 Å². The van der Waals surface area contributed by atoms with E-state index in [1.807, 2.05) is 0 Å². The number of Topliss-reactive ketones (excluding diaryl/α,β-unsaturated/α-hetero) is 1. The molecule has 7 atom stereocenters. The minimum Gasteiger partial charge on any atom is -0.462 e. The number of fused-ring (bicyclic) bond motifs is 5. The van der Waals surface area contributed by atoms with Gasteiger partial charge in [0.25, 0.3) is 0 Å². The molecule has 4 aliphatic rings. The van der Waals surface area contributed by atoms with Gasteiger partial charge in [-0.25, -0.2) is 0 Å². The van der Waals surface area contributed by atoms with Crippen LogP contribution in [0.15, 0.2) is 0 Å². The summed E-state index contributed by atoms with van der Waals surface area (Å²) in [5.41, 5.74) is -0.405. The highest BCUT2D eigenvalue weighted by molar-refractivity contribution is 5.87. The van der Waals surface area contributed by atoms with Crippen LogP contribution in [0.3, 0.4) is 0 Å². The molecule has 4 rings (SSSR count). The van der Waals surface area contributed by atoms with Gasteiger partial charge in [-0.3, -0.25) is 9.59 Å². The Kier molecular flexibility index (Phi) is 4.08. The van der Waals surface area contributed by atoms with Crippen LogP contribution in [0.25, 0.3) is 0 Å². The summed E-state index contributed by atoms with van der Waals surface area (Å²) in [5.74, 6) is 1.47. The minimum absolute atomic E-state index is 0.161. The van der Waals surface area contributed by atoms with E-state index in [4.69, 9.17) is 4.74 Å². The molecule has 0 aromatic heterocycles. The molecule has 0 saturated heterocycles. The fourth-order valence-electron chi connectivity index (χ4n) is 7.38. The van der Waals surface area contributed by atoms with E-state index in [1.54, 1.807) is 0 Å². The molecular weight excluding hydrogens is 316 g/mol. The normalized spacial score (nSPS) is 48.9. The van der Waals surface area contributed by atoms with E-state index in [0.29, 0.717) is 37.0 Å². The summed E-state index contributed by atoms with van der Waals surface area (Å²) < 4.78 is 5.84. The molecule has 0 aliphatic heterocycles. The Morgan fingerprint density at radius 3 is 2.76 bits per heavy atom. The molecule has 4 aliphatic carbocycles. The van der Waals surface area contributed by atoms with Crippen LogP contribution in [0, 0.1) is 34.5 Å². The lowest BCUT2D eigenvalue weighted by Gasteiger charge is -2.61. The Balaban J connectivity index is 1.76. The quantitative estimate of drug-likeness (QED) is 0.565. The maximum Gasteiger partial charge on any atom is 0.302 e. The Labute approximate surface area is 150 Å². The summed E-state index contributed by atoms with van der Waals surface area (Å²) in [6, 6.07) is 0. The van der Waals surface area contributed by atoms with Crippen molar-refractivity contribution >= 4 is 18.0 Å². The van der Waals surface area contributed by atoms with Gasteiger partial charge in [-0.15, -0.1) is 0 Å². The molecule has 0 aromatic carbocycles. The van der Waals surface area contributed by atoms with Gasteiger partial charge in [0, 0.05) is 31.1 Å². The van der Waals surface area contributed by atoms with Crippen molar-refractivity contribution in [2.24, 2.45) is 34.5 Å². The van der Waals surface area contributed by atoms with Crippen molar-refractivity contribution in [1.29, 1.82) is 0 Å². The molecule has 0 radical (unpaired) electrons. The Bertz CT molecular complexity index is 599. The van der Waals surface area contributed by atoms with Gasteiger partial charge in [0.2, 0.25) is 0 Å². The van der Waals surface area contributed by atoms with Crippen LogP contribution in [-0.4, -0.2) is 24.1 Å². The first-order chi connectivity index (χ1) is 11.9. The lowest BCUT2D eigenvalue weighted by atomic mass is 9.44. The van der Waals surface area contributed by atoms with Gasteiger partial charge in [0.15, 0.2) is 0 Å². The molecule has 0 N–H and O–H groups in total. The zero-order valence-corrected chi connectivity index (χ0v) is 15.5. The van der Waals surface area contributed by atoms with Crippen LogP contribution in [0.1, 0.15) is 71.6 Å². The van der Waals surface area contributed by atoms with Crippen molar-refractivity contribution in [3.63, 3.8) is 0 Å². The van der Waals surface area contributed by atoms with E-state index in [-0.39, 0.29) is 29.2 Å². The molecule has 0 aromatic rings. The zero-order chi connectivity index (χ0) is 17.8. The van der Waals surface area contributed by atoms with Gasteiger partial charge in [-0.2, -0.15) is 0 Å². The Hall–Kier alpha value is -1.19. The van der Waals surface area contributed by atoms with Crippen LogP contribution >= 0.6 is 0 Å². The summed E-state index contributed by atoms with van der Waals surface area (Å²) in [6.07, 6.45) is 9.55. The number of hydrogen-bond donors (Lipinski definition) is 0. The number of esters is 1. The van der Waals surface area contributed by atoms with Crippen molar-refractivity contribution in [3.8, 4) is 0 Å². The number of hydrogen-bond acceptors (Lipinski definition) is 4. The van der Waals surface area contributed by atoms with Crippen molar-refractivity contribution in [2.75, 3.05) is 0 Å². The fourth-order valence-corrected chi connectivity index (χ4v) is 7.38. The van der Waals surface area contributed by atoms with E-state index in [1.165, 1.54) is 39.0 Å². The van der Waals surface area contributed by atoms with Crippen molar-refractivity contribution in [2.45, 2.75) is 77.7 Å². The van der Waals surface area contributed by atoms with E-state index < -0.39 is 5.41 Å². The first-order valence-electron chi connectivity index (χ1n) is 10.0. The maximum atomic E-state index is 12.3. The van der Waals surface area contributed by atoms with Crippen molar-refractivity contribution in [3.05, 3.63) is 0 Å². The summed E-state index contributed by atoms with van der Waals surface area (Å²) >= 11 is 0. The average Bonchev–Trinajstić information content (AvgIpc) is 2.90. The van der Waals surface area contributed by atoms with Crippen LogP contribution in [0.2, 0.25) is 0 Å². The van der Waals surface area contributed by atoms with Crippen LogP contribution in [0.5, 0.6) is 0 Å². The smallest absolute Gasteiger partial charge is 0.302 e. The predicted molar refractivity (Wildman–Crippen MR) is 92.7 cm³/mol. The first kappa shape index (κ1) is 17.2. The minimum atomic E-state index is -0.587. The number of carbonyl (C=O) groups excluding carboxylic acids is 3. The predicted octanol–water partition coefficient (Wildman–Crippen LogP) is 3.71. The summed E-state index contributed by atoms with van der Waals surface area (Å²) in [4.78, 5) is 36.2. The highest BCUT2D eigenvalue weighted by Gasteiger charge is 2.64. The van der Waals surface area contributed by atoms with E-state index in [0.717, 1.165) is 12.7 Å². The highest BCUT2D eigenvalue weighted by Crippen LogP contribution is 2.65. The molecule has 1 unspecified atom stereocenters. The second kappa shape index (κ2) is 5.92. The standard InChI is InChI=1S/C21H30O4/c1-13(23)25-18-11-21(12-22)10-15(24)9-17(21)16-7-6-14-5-3-4-8-20(14,2)19(16)18/h12,14,16-19H,3-11H2,1-2H3/t14?,16-,17-,18-,19+,20-,21-/m0/s1. The van der Waals surface area contributed by atoms with E-state index in [2.05, 4.69) is 6.92 Å². The third-order valence-electron chi connectivity index (χ3n) is 8.28. The summed E-state index contributed by atoms with van der Waals surface area (Å²) in [7, 11) is 0. The molecule has 0 bridgehead atoms. The van der Waals surface area contributed by atoms with E-state index >= 15 is 0 Å². The zero-order valence-electron chi connectivity index (χ0n) is 15.5. The molecular formula is C21H30O4. The van der Waals surface area contributed by atoms with Gasteiger partial charge in [0.1, 0.15) is 18.2 Å². The van der Waals surface area contributed by atoms with Gasteiger partial charge in [-0.05, 0) is 55.3 Å². The first-order valence-corrected chi connectivity index (χ1v) is 10.0. The molecule has 4 nitrogen and oxygen atoms in total. The van der Waals surface area contributed by atoms with E-state index in [9.17, 15) is 14.4 Å². The molecule has 4 fully saturated rings. The second-order valence-corrected chi connectivity index (χ2v) is 9.44. The average molecular weight is 346 g/mol. The molecule has 138 valence electrons. The van der Waals surface area contributed by atoms with Gasteiger partial charge in [-0.1, -0.05) is 19.8 Å². The molecule has 4 saturated carbocycles. The number of ketones is 1. The number of rotatable bonds is 2. The number of carbonyl (C=O) groups is 3. The number of aldehydes is 1. The maximum absolute atomic E-state index is 12.3. The Morgan fingerprint density at radius 1 is 1.24 bits per heavy atom. The molecule has 0 amide bonds. The lowest BCUT2D eigenvalue weighted by Crippen LogP contribution is -2.59. The SMILES string of the molecule is CC(=O)O[C@H]1C[C@]2(C=O)CC(=O)C[C@H]2[C@@H]2CCC3CCCC[C@]3(C)[C@H]21. The third kappa shape index (κ3) is 2.50. The molecule has 0 heterocycles. The largest absolute Gasteiger partial charge is 0.462 e. The lowest BCUT2D eigenvalue weighted by molar-refractivity contribution is -0.190. The number of ether oxygens (including phenoxy) is 1. The fraction of sp³-hybridized carbons (Fsp3) is 0.857. The van der Waals surface area contributed by atoms with Crippen LogP contribution < -0.4 is 0 Å². The highest BCUT2D eigenvalue weighted by atomic mass is 16.5. The van der Waals surface area contributed by atoms with Crippen molar-refractivity contribution < 1.29 is 19.1 Å². The summed E-state index contributed by atoms with van der Waals surface area (Å²) in [5, 5.41) is 0. The van der Waals surface area contributed by atoms with Gasteiger partial charge < -0.3 is 9.53 Å². The van der Waals surface area contributed by atoms with Crippen LogP contribution in [0.4, 0.5) is 0 Å².